The van der Waals surface area contributed by atoms with E-state index in [4.69, 9.17) is 9.15 Å². The van der Waals surface area contributed by atoms with E-state index >= 15 is 0 Å². The smallest absolute Gasteiger partial charge is 0.340 e. The fraction of sp³-hybridized carbons (Fsp3) is 0.273. The van der Waals surface area contributed by atoms with Crippen molar-refractivity contribution in [3.05, 3.63) is 47.8 Å². The first-order valence-corrected chi connectivity index (χ1v) is 11.5. The van der Waals surface area contributed by atoms with E-state index in [-0.39, 0.29) is 39.8 Å². The number of sulfonamides is 1. The molecule has 8 nitrogen and oxygen atoms in total. The molecular formula is C22H22FNO7S. The third-order valence-corrected chi connectivity index (χ3v) is 5.61. The van der Waals surface area contributed by atoms with Gasteiger partial charge in [-0.1, -0.05) is 0 Å². The summed E-state index contributed by atoms with van der Waals surface area (Å²) in [5, 5.41) is 10.0. The van der Waals surface area contributed by atoms with Crippen molar-refractivity contribution in [2.75, 3.05) is 17.1 Å². The van der Waals surface area contributed by atoms with Gasteiger partial charge in [-0.05, 0) is 51.1 Å². The molecule has 32 heavy (non-hydrogen) atoms. The first-order valence-electron chi connectivity index (χ1n) is 9.62. The van der Waals surface area contributed by atoms with E-state index < -0.39 is 34.1 Å². The van der Waals surface area contributed by atoms with Crippen molar-refractivity contribution in [3.63, 3.8) is 0 Å². The van der Waals surface area contributed by atoms with Crippen molar-refractivity contribution < 1.29 is 36.7 Å². The van der Waals surface area contributed by atoms with Crippen molar-refractivity contribution >= 4 is 38.4 Å². The average Bonchev–Trinajstić information content (AvgIpc) is 3.03. The third-order valence-electron chi connectivity index (χ3n) is 4.49. The van der Waals surface area contributed by atoms with Crippen LogP contribution in [0.2, 0.25) is 0 Å². The fourth-order valence-corrected chi connectivity index (χ4v) is 4.17. The lowest BCUT2D eigenvalue weighted by atomic mass is 10.0. The molecule has 0 amide bonds. The largest absolute Gasteiger partial charge is 0.489 e. The number of carbonyl (C=O) groups is 2. The monoisotopic (exact) mass is 463 g/mol. The molecule has 3 aromatic rings. The van der Waals surface area contributed by atoms with Crippen LogP contribution >= 0.6 is 0 Å². The Bertz CT molecular complexity index is 1290. The van der Waals surface area contributed by atoms with Crippen LogP contribution in [0.5, 0.6) is 5.75 Å². The van der Waals surface area contributed by atoms with Gasteiger partial charge in [0.15, 0.2) is 0 Å². The van der Waals surface area contributed by atoms with Crippen molar-refractivity contribution in [2.45, 2.75) is 26.9 Å². The number of anilines is 1. The summed E-state index contributed by atoms with van der Waals surface area (Å²) >= 11 is 0. The van der Waals surface area contributed by atoms with E-state index in [1.807, 2.05) is 0 Å². The molecule has 0 fully saturated rings. The van der Waals surface area contributed by atoms with E-state index in [2.05, 4.69) is 0 Å². The highest BCUT2D eigenvalue weighted by molar-refractivity contribution is 7.92. The second-order valence-corrected chi connectivity index (χ2v) is 9.48. The number of carbonyl (C=O) groups excluding carboxylic acids is 1. The van der Waals surface area contributed by atoms with Crippen LogP contribution in [0.3, 0.4) is 0 Å². The number of furan rings is 1. The minimum Gasteiger partial charge on any atom is -0.489 e. The standard InChI is InChI=1S/C22H22FNO7S/c1-12(2)30-19-9-16-18(10-17(19)24(11-13(3)25)32(4,28)29)31-21(20(16)22(26)27)14-5-7-15(23)8-6-14/h5-10,12H,11H2,1-4H3,(H,26,27). The SMILES string of the molecule is CC(=O)CN(c1cc2oc(-c3ccc(F)cc3)c(C(=O)O)c2cc1OC(C)C)S(C)(=O)=O. The van der Waals surface area contributed by atoms with Crippen LogP contribution < -0.4 is 9.04 Å². The number of rotatable bonds is 8. The van der Waals surface area contributed by atoms with Crippen LogP contribution in [0.25, 0.3) is 22.3 Å². The molecule has 0 aliphatic rings. The molecule has 10 heteroatoms. The second kappa shape index (κ2) is 8.62. The molecule has 1 heterocycles. The minimum atomic E-state index is -3.88. The highest BCUT2D eigenvalue weighted by Gasteiger charge is 2.28. The molecule has 0 bridgehead atoms. The van der Waals surface area contributed by atoms with Crippen LogP contribution in [0.15, 0.2) is 40.8 Å². The Morgan fingerprint density at radius 1 is 1.19 bits per heavy atom. The predicted octanol–water partition coefficient (Wildman–Crippen LogP) is 4.08. The first kappa shape index (κ1) is 23.3. The Morgan fingerprint density at radius 3 is 2.31 bits per heavy atom. The molecular weight excluding hydrogens is 441 g/mol. The Labute approximate surface area is 184 Å². The summed E-state index contributed by atoms with van der Waals surface area (Å²) in [5.74, 6) is -2.12. The molecule has 3 rings (SSSR count). The topological polar surface area (TPSA) is 114 Å². The Kier molecular flexibility index (Phi) is 6.27. The summed E-state index contributed by atoms with van der Waals surface area (Å²) in [6.45, 7) is 4.26. The van der Waals surface area contributed by atoms with Gasteiger partial charge in [0.25, 0.3) is 0 Å². The van der Waals surface area contributed by atoms with Crippen LogP contribution in [0.1, 0.15) is 31.1 Å². The summed E-state index contributed by atoms with van der Waals surface area (Å²) in [4.78, 5) is 23.8. The fourth-order valence-electron chi connectivity index (χ4n) is 3.26. The average molecular weight is 463 g/mol. The number of fused-ring (bicyclic) bond motifs is 1. The minimum absolute atomic E-state index is 0.0161. The zero-order valence-corrected chi connectivity index (χ0v) is 18.7. The highest BCUT2D eigenvalue weighted by Crippen LogP contribution is 2.41. The second-order valence-electron chi connectivity index (χ2n) is 7.57. The molecule has 0 unspecified atom stereocenters. The number of hydrogen-bond donors (Lipinski definition) is 1. The van der Waals surface area contributed by atoms with E-state index in [0.29, 0.717) is 5.56 Å². The van der Waals surface area contributed by atoms with Crippen LogP contribution in [-0.2, 0) is 14.8 Å². The van der Waals surface area contributed by atoms with E-state index in [9.17, 15) is 27.5 Å². The lowest BCUT2D eigenvalue weighted by molar-refractivity contribution is -0.115. The van der Waals surface area contributed by atoms with E-state index in [0.717, 1.165) is 10.6 Å². The number of Topliss-reactive ketones (excluding diaryl/α,β-unsaturated/α-hetero) is 1. The van der Waals surface area contributed by atoms with Gasteiger partial charge in [-0.2, -0.15) is 0 Å². The van der Waals surface area contributed by atoms with Gasteiger partial charge < -0.3 is 14.3 Å². The first-order chi connectivity index (χ1) is 14.9. The molecule has 0 saturated heterocycles. The predicted molar refractivity (Wildman–Crippen MR) is 117 cm³/mol. The number of hydrogen-bond acceptors (Lipinski definition) is 6. The van der Waals surface area contributed by atoms with Gasteiger partial charge in [0.2, 0.25) is 10.0 Å². The van der Waals surface area contributed by atoms with Crippen molar-refractivity contribution in [2.24, 2.45) is 0 Å². The van der Waals surface area contributed by atoms with Gasteiger partial charge in [-0.3, -0.25) is 9.10 Å². The molecule has 0 aliphatic heterocycles. The van der Waals surface area contributed by atoms with E-state index in [1.54, 1.807) is 13.8 Å². The number of ether oxygens (including phenoxy) is 1. The molecule has 1 N–H and O–H groups in total. The number of carboxylic acids is 1. The molecule has 2 aromatic carbocycles. The number of aromatic carboxylic acids is 1. The van der Waals surface area contributed by atoms with Gasteiger partial charge in [0.05, 0.1) is 24.6 Å². The van der Waals surface area contributed by atoms with Crippen molar-refractivity contribution in [3.8, 4) is 17.1 Å². The molecule has 0 radical (unpaired) electrons. The van der Waals surface area contributed by atoms with Crippen molar-refractivity contribution in [1.29, 1.82) is 0 Å². The summed E-state index contributed by atoms with van der Waals surface area (Å²) in [6.07, 6.45) is 0.579. The van der Waals surface area contributed by atoms with Crippen molar-refractivity contribution in [1.82, 2.24) is 0 Å². The van der Waals surface area contributed by atoms with Gasteiger partial charge in [0, 0.05) is 17.0 Å². The third kappa shape index (κ3) is 4.75. The number of carboxylic acid groups (broad SMARTS) is 1. The maximum Gasteiger partial charge on any atom is 0.340 e. The van der Waals surface area contributed by atoms with Gasteiger partial charge in [-0.25, -0.2) is 17.6 Å². The Hall–Kier alpha value is -3.40. The lowest BCUT2D eigenvalue weighted by Crippen LogP contribution is -2.34. The lowest BCUT2D eigenvalue weighted by Gasteiger charge is -2.24. The zero-order valence-electron chi connectivity index (χ0n) is 17.9. The molecule has 0 spiro atoms. The van der Waals surface area contributed by atoms with E-state index in [1.165, 1.54) is 43.3 Å². The Morgan fingerprint density at radius 2 is 1.81 bits per heavy atom. The zero-order chi connectivity index (χ0) is 23.8. The Balaban J connectivity index is 2.35. The van der Waals surface area contributed by atoms with Gasteiger partial charge in [0.1, 0.15) is 34.3 Å². The van der Waals surface area contributed by atoms with Crippen LogP contribution in [0, 0.1) is 5.82 Å². The molecule has 0 aliphatic carbocycles. The summed E-state index contributed by atoms with van der Waals surface area (Å²) in [6, 6.07) is 7.81. The molecule has 1 aromatic heterocycles. The number of halogens is 1. The maximum absolute atomic E-state index is 13.3. The number of nitrogens with zero attached hydrogens (tertiary/aromatic N) is 1. The molecule has 170 valence electrons. The quantitative estimate of drug-likeness (QED) is 0.535. The summed E-state index contributed by atoms with van der Waals surface area (Å²) in [5.41, 5.74) is 0.270. The normalized spacial score (nSPS) is 11.7. The molecule has 0 saturated carbocycles. The van der Waals surface area contributed by atoms with Gasteiger partial charge >= 0.3 is 5.97 Å². The van der Waals surface area contributed by atoms with Crippen LogP contribution in [0.4, 0.5) is 10.1 Å². The summed E-state index contributed by atoms with van der Waals surface area (Å²) < 4.78 is 50.7. The summed E-state index contributed by atoms with van der Waals surface area (Å²) in [7, 11) is -3.88. The number of benzene rings is 2. The highest BCUT2D eigenvalue weighted by atomic mass is 32.2. The molecule has 0 atom stereocenters. The van der Waals surface area contributed by atoms with Gasteiger partial charge in [-0.15, -0.1) is 0 Å². The maximum atomic E-state index is 13.3. The number of ketones is 1. The van der Waals surface area contributed by atoms with Crippen LogP contribution in [-0.4, -0.2) is 44.2 Å².